The number of nitrogens with zero attached hydrogens (tertiary/aromatic N) is 2. The fourth-order valence-corrected chi connectivity index (χ4v) is 2.39. The van der Waals surface area contributed by atoms with E-state index < -0.39 is 5.54 Å². The van der Waals surface area contributed by atoms with Gasteiger partial charge in [-0.25, -0.2) is 4.98 Å². The van der Waals surface area contributed by atoms with Gasteiger partial charge < -0.3 is 9.88 Å². The van der Waals surface area contributed by atoms with Gasteiger partial charge in [-0.15, -0.1) is 11.6 Å². The maximum atomic E-state index is 12.4. The lowest BCUT2D eigenvalue weighted by molar-refractivity contribution is 0.565. The van der Waals surface area contributed by atoms with Crippen molar-refractivity contribution in [3.63, 3.8) is 0 Å². The quantitative estimate of drug-likeness (QED) is 0.861. The lowest BCUT2D eigenvalue weighted by atomic mass is 9.94. The van der Waals surface area contributed by atoms with Gasteiger partial charge in [-0.2, -0.15) is 0 Å². The van der Waals surface area contributed by atoms with E-state index in [0.29, 0.717) is 11.7 Å². The molecule has 1 unspecified atom stereocenters. The molecule has 0 aliphatic carbocycles. The van der Waals surface area contributed by atoms with E-state index in [1.165, 1.54) is 0 Å². The summed E-state index contributed by atoms with van der Waals surface area (Å²) in [4.78, 5) is 16.6. The number of rotatable bonds is 5. The molecule has 0 aliphatic heterocycles. The smallest absolute Gasteiger partial charge is 0.293 e. The summed E-state index contributed by atoms with van der Waals surface area (Å²) >= 11 is 6.15. The van der Waals surface area contributed by atoms with E-state index in [1.807, 2.05) is 51.1 Å². The highest BCUT2D eigenvalue weighted by Gasteiger charge is 2.27. The van der Waals surface area contributed by atoms with Crippen LogP contribution in [0.25, 0.3) is 0 Å². The van der Waals surface area contributed by atoms with Crippen molar-refractivity contribution in [2.75, 3.05) is 11.2 Å². The minimum Gasteiger partial charge on any atom is -0.355 e. The van der Waals surface area contributed by atoms with E-state index in [0.717, 1.165) is 5.56 Å². The minimum absolute atomic E-state index is 0.0834. The highest BCUT2D eigenvalue weighted by atomic mass is 35.5. The van der Waals surface area contributed by atoms with Gasteiger partial charge in [0.05, 0.1) is 5.54 Å². The van der Waals surface area contributed by atoms with E-state index in [-0.39, 0.29) is 11.6 Å². The normalized spacial score (nSPS) is 14.0. The summed E-state index contributed by atoms with van der Waals surface area (Å²) in [5.41, 5.74) is 0.325. The first-order chi connectivity index (χ1) is 9.98. The molecule has 1 N–H and O–H groups in total. The van der Waals surface area contributed by atoms with Crippen LogP contribution in [0.5, 0.6) is 0 Å². The molecule has 0 spiro atoms. The minimum atomic E-state index is -0.550. The Kier molecular flexibility index (Phi) is 4.68. The van der Waals surface area contributed by atoms with E-state index in [2.05, 4.69) is 10.3 Å². The van der Waals surface area contributed by atoms with Gasteiger partial charge in [0.15, 0.2) is 5.82 Å². The van der Waals surface area contributed by atoms with Crippen molar-refractivity contribution in [2.24, 2.45) is 0 Å². The Labute approximate surface area is 129 Å². The highest BCUT2D eigenvalue weighted by Crippen LogP contribution is 2.25. The van der Waals surface area contributed by atoms with E-state index >= 15 is 0 Å². The van der Waals surface area contributed by atoms with Gasteiger partial charge in [0.2, 0.25) is 0 Å². The third-order valence-corrected chi connectivity index (χ3v) is 4.03. The van der Waals surface area contributed by atoms with Crippen molar-refractivity contribution < 1.29 is 0 Å². The molecule has 0 aliphatic rings. The molecule has 1 heterocycles. The lowest BCUT2D eigenvalue weighted by Gasteiger charge is -2.29. The topological polar surface area (TPSA) is 46.9 Å². The monoisotopic (exact) mass is 305 g/mol. The van der Waals surface area contributed by atoms with Crippen LogP contribution in [0.3, 0.4) is 0 Å². The van der Waals surface area contributed by atoms with Crippen molar-refractivity contribution in [2.45, 2.75) is 32.4 Å². The predicted octanol–water partition coefficient (Wildman–Crippen LogP) is 3.39. The van der Waals surface area contributed by atoms with Gasteiger partial charge in [0.25, 0.3) is 5.56 Å². The summed E-state index contributed by atoms with van der Waals surface area (Å²) in [6.07, 6.45) is 3.32. The van der Waals surface area contributed by atoms with Crippen LogP contribution in [-0.2, 0) is 5.54 Å². The maximum absolute atomic E-state index is 12.4. The molecule has 112 valence electrons. The van der Waals surface area contributed by atoms with Crippen molar-refractivity contribution in [1.29, 1.82) is 0 Å². The Morgan fingerprint density at radius 2 is 2.00 bits per heavy atom. The SMILES string of the molecule is CC(C)n1ccnc(NC(C)(CCl)c2ccccc2)c1=O. The summed E-state index contributed by atoms with van der Waals surface area (Å²) in [5, 5.41) is 3.21. The second-order valence-electron chi connectivity index (χ2n) is 5.54. The Morgan fingerprint density at radius 1 is 1.33 bits per heavy atom. The first-order valence-corrected chi connectivity index (χ1v) is 7.48. The molecule has 4 nitrogen and oxygen atoms in total. The largest absolute Gasteiger partial charge is 0.355 e. The molecule has 2 aromatic rings. The molecule has 21 heavy (non-hydrogen) atoms. The standard InChI is InChI=1S/C16H20ClN3O/c1-12(2)20-10-9-18-14(15(20)21)19-16(3,11-17)13-7-5-4-6-8-13/h4-10,12H,11H2,1-3H3,(H,18,19). The van der Waals surface area contributed by atoms with Gasteiger partial charge in [0.1, 0.15) is 0 Å². The van der Waals surface area contributed by atoms with E-state index in [4.69, 9.17) is 11.6 Å². The Hall–Kier alpha value is -1.81. The zero-order valence-electron chi connectivity index (χ0n) is 12.5. The van der Waals surface area contributed by atoms with Crippen LogP contribution in [-0.4, -0.2) is 15.4 Å². The zero-order chi connectivity index (χ0) is 15.5. The summed E-state index contributed by atoms with van der Waals surface area (Å²) in [5.74, 6) is 0.646. The van der Waals surface area contributed by atoms with Gasteiger partial charge in [-0.1, -0.05) is 30.3 Å². The number of alkyl halides is 1. The van der Waals surface area contributed by atoms with E-state index in [1.54, 1.807) is 17.0 Å². The van der Waals surface area contributed by atoms with E-state index in [9.17, 15) is 4.79 Å². The first kappa shape index (κ1) is 15.6. The predicted molar refractivity (Wildman–Crippen MR) is 87.0 cm³/mol. The molecule has 0 fully saturated rings. The summed E-state index contributed by atoms with van der Waals surface area (Å²) < 4.78 is 1.65. The molecule has 0 amide bonds. The van der Waals surface area contributed by atoms with Crippen LogP contribution in [0.4, 0.5) is 5.82 Å². The first-order valence-electron chi connectivity index (χ1n) is 6.95. The summed E-state index contributed by atoms with van der Waals surface area (Å²) in [6, 6.07) is 9.91. The van der Waals surface area contributed by atoms with Crippen LogP contribution in [0.2, 0.25) is 0 Å². The molecule has 2 rings (SSSR count). The molecular weight excluding hydrogens is 286 g/mol. The van der Waals surface area contributed by atoms with Gasteiger partial charge in [-0.05, 0) is 26.3 Å². The van der Waals surface area contributed by atoms with Crippen molar-refractivity contribution in [3.8, 4) is 0 Å². The third kappa shape index (κ3) is 3.27. The maximum Gasteiger partial charge on any atom is 0.293 e. The molecule has 5 heteroatoms. The Balaban J connectivity index is 2.40. The number of nitrogens with one attached hydrogen (secondary N) is 1. The number of aromatic nitrogens is 2. The Morgan fingerprint density at radius 3 is 2.57 bits per heavy atom. The van der Waals surface area contributed by atoms with Crippen LogP contribution in [0.15, 0.2) is 47.5 Å². The highest BCUT2D eigenvalue weighted by molar-refractivity contribution is 6.18. The van der Waals surface area contributed by atoms with Gasteiger partial charge in [-0.3, -0.25) is 4.79 Å². The second-order valence-corrected chi connectivity index (χ2v) is 5.81. The lowest BCUT2D eigenvalue weighted by Crippen LogP contribution is -2.38. The van der Waals surface area contributed by atoms with Crippen molar-refractivity contribution >= 4 is 17.4 Å². The molecule has 1 aromatic carbocycles. The third-order valence-electron chi connectivity index (χ3n) is 3.50. The molecule has 0 saturated carbocycles. The van der Waals surface area contributed by atoms with Crippen LogP contribution < -0.4 is 10.9 Å². The molecule has 0 radical (unpaired) electrons. The number of hydrogen-bond donors (Lipinski definition) is 1. The fourth-order valence-electron chi connectivity index (χ4n) is 2.17. The average Bonchev–Trinajstić information content (AvgIpc) is 2.50. The van der Waals surface area contributed by atoms with Gasteiger partial charge >= 0.3 is 0 Å². The summed E-state index contributed by atoms with van der Waals surface area (Å²) in [6.45, 7) is 5.88. The summed E-state index contributed by atoms with van der Waals surface area (Å²) in [7, 11) is 0. The zero-order valence-corrected chi connectivity index (χ0v) is 13.3. The van der Waals surface area contributed by atoms with Crippen LogP contribution in [0, 0.1) is 0 Å². The number of benzene rings is 1. The van der Waals surface area contributed by atoms with Crippen molar-refractivity contribution in [3.05, 3.63) is 58.6 Å². The molecular formula is C16H20ClN3O. The van der Waals surface area contributed by atoms with Crippen LogP contribution in [0.1, 0.15) is 32.4 Å². The molecule has 1 atom stereocenters. The molecule has 0 saturated heterocycles. The number of hydrogen-bond acceptors (Lipinski definition) is 3. The Bertz CT molecular complexity index is 654. The average molecular weight is 306 g/mol. The van der Waals surface area contributed by atoms with Gasteiger partial charge in [0, 0.05) is 24.3 Å². The number of halogens is 1. The molecule has 0 bridgehead atoms. The van der Waals surface area contributed by atoms with Crippen molar-refractivity contribution in [1.82, 2.24) is 9.55 Å². The number of anilines is 1. The molecule has 1 aromatic heterocycles. The fraction of sp³-hybridized carbons (Fsp3) is 0.375. The van der Waals surface area contributed by atoms with Crippen LogP contribution >= 0.6 is 11.6 Å². The second kappa shape index (κ2) is 6.31.